The number of benzene rings is 1. The van der Waals surface area contributed by atoms with E-state index >= 15 is 0 Å². The summed E-state index contributed by atoms with van der Waals surface area (Å²) in [5.41, 5.74) is 7.28. The van der Waals surface area contributed by atoms with Gasteiger partial charge in [-0.1, -0.05) is 25.3 Å². The summed E-state index contributed by atoms with van der Waals surface area (Å²) in [5, 5.41) is 0. The van der Waals surface area contributed by atoms with Crippen LogP contribution >= 0.6 is 0 Å². The number of hydrogen-bond acceptors (Lipinski definition) is 3. The maximum Gasteiger partial charge on any atom is 0.126 e. The quantitative estimate of drug-likeness (QED) is 0.886. The summed E-state index contributed by atoms with van der Waals surface area (Å²) in [6.45, 7) is 0.688. The summed E-state index contributed by atoms with van der Waals surface area (Å²) < 4.78 is 10.8. The lowest BCUT2D eigenvalue weighted by Crippen LogP contribution is -2.24. The number of methoxy groups -OCH3 is 2. The van der Waals surface area contributed by atoms with Crippen LogP contribution in [0.15, 0.2) is 18.2 Å². The van der Waals surface area contributed by atoms with E-state index in [0.29, 0.717) is 18.4 Å². The number of rotatable bonds is 5. The molecular formula is C16H25NO2. The minimum Gasteiger partial charge on any atom is -0.497 e. The summed E-state index contributed by atoms with van der Waals surface area (Å²) >= 11 is 0. The predicted molar refractivity (Wildman–Crippen MR) is 77.9 cm³/mol. The Labute approximate surface area is 116 Å². The highest BCUT2D eigenvalue weighted by molar-refractivity contribution is 5.43. The van der Waals surface area contributed by atoms with Crippen molar-refractivity contribution in [3.05, 3.63) is 23.8 Å². The van der Waals surface area contributed by atoms with Crippen molar-refractivity contribution >= 4 is 0 Å². The fraction of sp³-hybridized carbons (Fsp3) is 0.625. The predicted octanol–water partition coefficient (Wildman–Crippen LogP) is 3.33. The molecule has 1 aliphatic carbocycles. The molecule has 1 aromatic carbocycles. The first-order valence-corrected chi connectivity index (χ1v) is 7.22. The number of ether oxygens (including phenoxy) is 2. The minimum absolute atomic E-state index is 0.404. The van der Waals surface area contributed by atoms with Gasteiger partial charge in [-0.15, -0.1) is 0 Å². The van der Waals surface area contributed by atoms with E-state index in [-0.39, 0.29) is 0 Å². The Kier molecular flexibility index (Phi) is 5.08. The third-order valence-corrected chi connectivity index (χ3v) is 4.31. The first-order valence-electron chi connectivity index (χ1n) is 7.22. The minimum atomic E-state index is 0.404. The van der Waals surface area contributed by atoms with Crippen LogP contribution in [0.25, 0.3) is 0 Å². The molecule has 0 radical (unpaired) electrons. The van der Waals surface area contributed by atoms with Gasteiger partial charge in [-0.3, -0.25) is 0 Å². The molecule has 1 atom stereocenters. The second-order valence-electron chi connectivity index (χ2n) is 5.35. The molecule has 1 aliphatic rings. The second-order valence-corrected chi connectivity index (χ2v) is 5.35. The molecule has 0 aromatic heterocycles. The van der Waals surface area contributed by atoms with E-state index in [0.717, 1.165) is 11.5 Å². The van der Waals surface area contributed by atoms with Crippen molar-refractivity contribution in [3.63, 3.8) is 0 Å². The van der Waals surface area contributed by atoms with Crippen LogP contribution in [-0.2, 0) is 0 Å². The Morgan fingerprint density at radius 3 is 2.47 bits per heavy atom. The molecule has 3 heteroatoms. The summed E-state index contributed by atoms with van der Waals surface area (Å²) in [6.07, 6.45) is 6.61. The van der Waals surface area contributed by atoms with Crippen LogP contribution in [0.3, 0.4) is 0 Å². The van der Waals surface area contributed by atoms with Crippen LogP contribution in [0.1, 0.15) is 43.6 Å². The first kappa shape index (κ1) is 14.2. The van der Waals surface area contributed by atoms with Gasteiger partial charge in [0.05, 0.1) is 14.2 Å². The normalized spacial score (nSPS) is 18.1. The highest BCUT2D eigenvalue weighted by Crippen LogP contribution is 2.40. The van der Waals surface area contributed by atoms with Gasteiger partial charge in [0.2, 0.25) is 0 Å². The van der Waals surface area contributed by atoms with E-state index in [4.69, 9.17) is 15.2 Å². The molecule has 0 heterocycles. The van der Waals surface area contributed by atoms with Crippen molar-refractivity contribution in [1.82, 2.24) is 0 Å². The van der Waals surface area contributed by atoms with Crippen LogP contribution in [0.4, 0.5) is 0 Å². The third kappa shape index (κ3) is 3.21. The van der Waals surface area contributed by atoms with Crippen molar-refractivity contribution in [2.24, 2.45) is 11.7 Å². The van der Waals surface area contributed by atoms with E-state index in [1.807, 2.05) is 12.1 Å². The molecule has 0 amide bonds. The van der Waals surface area contributed by atoms with Gasteiger partial charge < -0.3 is 15.2 Å². The highest BCUT2D eigenvalue weighted by Gasteiger charge is 2.26. The van der Waals surface area contributed by atoms with Gasteiger partial charge in [-0.05, 0) is 36.9 Å². The number of nitrogens with two attached hydrogens (primary N) is 1. The lowest BCUT2D eigenvalue weighted by Gasteiger charge is -2.30. The lowest BCUT2D eigenvalue weighted by molar-refractivity contribution is 0.300. The smallest absolute Gasteiger partial charge is 0.126 e. The fourth-order valence-corrected chi connectivity index (χ4v) is 3.23. The highest BCUT2D eigenvalue weighted by atomic mass is 16.5. The zero-order valence-corrected chi connectivity index (χ0v) is 12.0. The van der Waals surface area contributed by atoms with Gasteiger partial charge in [0.25, 0.3) is 0 Å². The van der Waals surface area contributed by atoms with Crippen molar-refractivity contribution in [1.29, 1.82) is 0 Å². The van der Waals surface area contributed by atoms with Crippen LogP contribution < -0.4 is 15.2 Å². The van der Waals surface area contributed by atoms with Crippen molar-refractivity contribution in [2.75, 3.05) is 20.8 Å². The molecule has 2 rings (SSSR count). The first-order chi connectivity index (χ1) is 9.30. The maximum absolute atomic E-state index is 6.04. The molecule has 106 valence electrons. The Morgan fingerprint density at radius 1 is 1.16 bits per heavy atom. The van der Waals surface area contributed by atoms with Crippen LogP contribution in [0.2, 0.25) is 0 Å². The Hall–Kier alpha value is -1.22. The molecule has 3 nitrogen and oxygen atoms in total. The maximum atomic E-state index is 6.04. The number of hydrogen-bond donors (Lipinski definition) is 1. The molecule has 1 fully saturated rings. The second kappa shape index (κ2) is 6.80. The Morgan fingerprint density at radius 2 is 1.89 bits per heavy atom. The standard InChI is InChI=1S/C16H25NO2/c1-18-13-8-9-14(16(10-13)19-2)15(11-17)12-6-4-3-5-7-12/h8-10,12,15H,3-7,11,17H2,1-2H3. The molecule has 1 saturated carbocycles. The van der Waals surface area contributed by atoms with Crippen LogP contribution in [-0.4, -0.2) is 20.8 Å². The monoisotopic (exact) mass is 263 g/mol. The SMILES string of the molecule is COc1ccc(C(CN)C2CCCCC2)c(OC)c1. The van der Waals surface area contributed by atoms with E-state index in [1.54, 1.807) is 14.2 Å². The summed E-state index contributed by atoms with van der Waals surface area (Å²) in [6, 6.07) is 6.08. The van der Waals surface area contributed by atoms with Crippen molar-refractivity contribution in [2.45, 2.75) is 38.0 Å². The van der Waals surface area contributed by atoms with E-state index in [1.165, 1.54) is 37.7 Å². The molecule has 0 aliphatic heterocycles. The molecule has 0 spiro atoms. The van der Waals surface area contributed by atoms with Gasteiger partial charge in [0.15, 0.2) is 0 Å². The van der Waals surface area contributed by atoms with Crippen LogP contribution in [0.5, 0.6) is 11.5 Å². The molecule has 19 heavy (non-hydrogen) atoms. The molecule has 1 aromatic rings. The van der Waals surface area contributed by atoms with Crippen LogP contribution in [0, 0.1) is 5.92 Å². The van der Waals surface area contributed by atoms with Gasteiger partial charge in [0.1, 0.15) is 11.5 Å². The Bertz CT molecular complexity index is 400. The largest absolute Gasteiger partial charge is 0.497 e. The molecule has 0 saturated heterocycles. The van der Waals surface area contributed by atoms with Gasteiger partial charge >= 0.3 is 0 Å². The zero-order valence-electron chi connectivity index (χ0n) is 12.0. The lowest BCUT2D eigenvalue weighted by atomic mass is 9.76. The molecule has 1 unspecified atom stereocenters. The van der Waals surface area contributed by atoms with E-state index in [2.05, 4.69) is 6.07 Å². The summed E-state index contributed by atoms with van der Waals surface area (Å²) in [4.78, 5) is 0. The van der Waals surface area contributed by atoms with Crippen molar-refractivity contribution < 1.29 is 9.47 Å². The van der Waals surface area contributed by atoms with Gasteiger partial charge in [-0.25, -0.2) is 0 Å². The summed E-state index contributed by atoms with van der Waals surface area (Å²) in [7, 11) is 3.39. The fourth-order valence-electron chi connectivity index (χ4n) is 3.23. The van der Waals surface area contributed by atoms with Crippen molar-refractivity contribution in [3.8, 4) is 11.5 Å². The topological polar surface area (TPSA) is 44.5 Å². The summed E-state index contributed by atoms with van der Waals surface area (Å²) in [5.74, 6) is 2.84. The average Bonchev–Trinajstić information content (AvgIpc) is 2.49. The van der Waals surface area contributed by atoms with E-state index < -0.39 is 0 Å². The molecule has 0 bridgehead atoms. The average molecular weight is 263 g/mol. The Balaban J connectivity index is 2.26. The molecule has 2 N–H and O–H groups in total. The van der Waals surface area contributed by atoms with Gasteiger partial charge in [0, 0.05) is 12.0 Å². The third-order valence-electron chi connectivity index (χ3n) is 4.31. The van der Waals surface area contributed by atoms with Gasteiger partial charge in [-0.2, -0.15) is 0 Å². The van der Waals surface area contributed by atoms with E-state index in [9.17, 15) is 0 Å². The zero-order chi connectivity index (χ0) is 13.7. The molecular weight excluding hydrogens is 238 g/mol.